The van der Waals surface area contributed by atoms with Gasteiger partial charge in [0.15, 0.2) is 5.13 Å². The number of thiazole rings is 1. The zero-order valence-electron chi connectivity index (χ0n) is 21.2. The number of hydrogen-bond donors (Lipinski definition) is 1. The van der Waals surface area contributed by atoms with Crippen LogP contribution in [-0.2, 0) is 4.79 Å². The molecule has 7 heteroatoms. The maximum Gasteiger partial charge on any atom is 0.255 e. The first-order valence-electron chi connectivity index (χ1n) is 13.2. The minimum absolute atomic E-state index is 0.0142. The number of likely N-dealkylation sites (tertiary alicyclic amines) is 2. The second kappa shape index (κ2) is 10.2. The van der Waals surface area contributed by atoms with E-state index < -0.39 is 0 Å². The Morgan fingerprint density at radius 1 is 0.946 bits per heavy atom. The van der Waals surface area contributed by atoms with E-state index >= 15 is 0 Å². The van der Waals surface area contributed by atoms with Crippen LogP contribution in [0.2, 0.25) is 0 Å². The summed E-state index contributed by atoms with van der Waals surface area (Å²) in [6.45, 7) is 5.23. The highest BCUT2D eigenvalue weighted by Gasteiger charge is 2.33. The summed E-state index contributed by atoms with van der Waals surface area (Å²) in [5.41, 5.74) is 1.75. The number of benzene rings is 3. The smallest absolute Gasteiger partial charge is 0.255 e. The molecule has 190 valence electrons. The number of carbonyl (C=O) groups is 2. The summed E-state index contributed by atoms with van der Waals surface area (Å²) < 4.78 is 0. The zero-order valence-corrected chi connectivity index (χ0v) is 22.0. The lowest BCUT2D eigenvalue weighted by Gasteiger charge is -2.42. The molecule has 2 aliphatic rings. The summed E-state index contributed by atoms with van der Waals surface area (Å²) in [6, 6.07) is 19.0. The Bertz CT molecular complexity index is 1400. The van der Waals surface area contributed by atoms with Crippen molar-refractivity contribution in [2.24, 2.45) is 5.92 Å². The van der Waals surface area contributed by atoms with Gasteiger partial charge in [0.1, 0.15) is 0 Å². The predicted octanol–water partition coefficient (Wildman–Crippen LogP) is 5.71. The van der Waals surface area contributed by atoms with Gasteiger partial charge >= 0.3 is 0 Å². The molecule has 0 saturated carbocycles. The van der Waals surface area contributed by atoms with Crippen molar-refractivity contribution in [2.75, 3.05) is 31.5 Å². The normalized spacial score (nSPS) is 19.4. The van der Waals surface area contributed by atoms with Gasteiger partial charge in [-0.05, 0) is 66.8 Å². The summed E-state index contributed by atoms with van der Waals surface area (Å²) >= 11 is 1.48. The summed E-state index contributed by atoms with van der Waals surface area (Å²) in [6.07, 6.45) is 3.82. The van der Waals surface area contributed by atoms with Crippen molar-refractivity contribution < 1.29 is 9.59 Å². The molecule has 0 aliphatic carbocycles. The molecule has 1 N–H and O–H groups in total. The van der Waals surface area contributed by atoms with Crippen molar-refractivity contribution in [1.82, 2.24) is 14.8 Å². The lowest BCUT2D eigenvalue weighted by atomic mass is 9.92. The molecule has 6 nitrogen and oxygen atoms in total. The first-order valence-corrected chi connectivity index (χ1v) is 14.1. The second-order valence-corrected chi connectivity index (χ2v) is 11.2. The van der Waals surface area contributed by atoms with Crippen LogP contribution in [0.3, 0.4) is 0 Å². The van der Waals surface area contributed by atoms with Gasteiger partial charge in [-0.3, -0.25) is 14.5 Å². The van der Waals surface area contributed by atoms with Crippen molar-refractivity contribution in [3.05, 3.63) is 71.2 Å². The van der Waals surface area contributed by atoms with E-state index in [9.17, 15) is 9.59 Å². The monoisotopic (exact) mass is 512 g/mol. The molecule has 1 aromatic heterocycles. The van der Waals surface area contributed by atoms with E-state index in [1.165, 1.54) is 11.3 Å². The Morgan fingerprint density at radius 2 is 1.62 bits per heavy atom. The maximum absolute atomic E-state index is 13.9. The van der Waals surface area contributed by atoms with Gasteiger partial charge in [0.05, 0.1) is 17.2 Å². The molecule has 1 atom stereocenters. The highest BCUT2D eigenvalue weighted by molar-refractivity contribution is 7.13. The zero-order chi connectivity index (χ0) is 25.4. The van der Waals surface area contributed by atoms with Crippen LogP contribution in [0, 0.1) is 12.8 Å². The third-order valence-electron chi connectivity index (χ3n) is 7.93. The lowest BCUT2D eigenvalue weighted by Crippen LogP contribution is -2.51. The minimum atomic E-state index is -0.0142. The minimum Gasteiger partial charge on any atom is -0.338 e. The lowest BCUT2D eigenvalue weighted by molar-refractivity contribution is -0.122. The molecule has 0 unspecified atom stereocenters. The summed E-state index contributed by atoms with van der Waals surface area (Å²) in [4.78, 5) is 35.7. The molecular formula is C30H32N4O2S. The Labute approximate surface area is 221 Å². The van der Waals surface area contributed by atoms with Crippen molar-refractivity contribution in [2.45, 2.75) is 38.6 Å². The molecule has 4 aromatic rings. The van der Waals surface area contributed by atoms with Crippen molar-refractivity contribution >= 4 is 49.8 Å². The number of rotatable bonds is 4. The Balaban J connectivity index is 1.13. The molecule has 3 aromatic carbocycles. The fourth-order valence-corrected chi connectivity index (χ4v) is 6.70. The molecular weight excluding hydrogens is 480 g/mol. The van der Waals surface area contributed by atoms with Gasteiger partial charge in [-0.15, -0.1) is 11.3 Å². The van der Waals surface area contributed by atoms with E-state index in [4.69, 9.17) is 0 Å². The standard InChI is InChI=1S/C30H32N4O2S/c1-20-19-37-30(31-20)32-28(35)23-9-6-14-34(18-23)24-12-15-33(16-13-24)29(36)27-25-10-4-2-7-21(25)17-22-8-3-5-11-26(22)27/h2-5,7-8,10-11,17,19,23-24H,6,9,12-16,18H2,1H3,(H,31,32,35)/t23-/m1/s1. The second-order valence-electron chi connectivity index (χ2n) is 10.3. The van der Waals surface area contributed by atoms with Crippen molar-refractivity contribution in [1.29, 1.82) is 0 Å². The fraction of sp³-hybridized carbons (Fsp3) is 0.367. The van der Waals surface area contributed by atoms with Gasteiger partial charge in [-0.2, -0.15) is 0 Å². The highest BCUT2D eigenvalue weighted by atomic mass is 32.1. The van der Waals surface area contributed by atoms with Crippen LogP contribution in [0.1, 0.15) is 41.7 Å². The number of nitrogens with one attached hydrogen (secondary N) is 1. The van der Waals surface area contributed by atoms with E-state index in [0.717, 1.165) is 84.7 Å². The van der Waals surface area contributed by atoms with Crippen molar-refractivity contribution in [3.63, 3.8) is 0 Å². The van der Waals surface area contributed by atoms with E-state index in [1.807, 2.05) is 41.5 Å². The van der Waals surface area contributed by atoms with Crippen LogP contribution in [0.15, 0.2) is 60.0 Å². The van der Waals surface area contributed by atoms with Crippen LogP contribution in [-0.4, -0.2) is 58.8 Å². The molecule has 0 bridgehead atoms. The van der Waals surface area contributed by atoms with E-state index in [-0.39, 0.29) is 17.7 Å². The summed E-state index contributed by atoms with van der Waals surface area (Å²) in [5, 5.41) is 9.91. The number of nitrogens with zero attached hydrogens (tertiary/aromatic N) is 3. The largest absolute Gasteiger partial charge is 0.338 e. The van der Waals surface area contributed by atoms with E-state index in [1.54, 1.807) is 0 Å². The van der Waals surface area contributed by atoms with E-state index in [0.29, 0.717) is 11.2 Å². The molecule has 0 spiro atoms. The number of piperidine rings is 2. The number of hydrogen-bond acceptors (Lipinski definition) is 5. The predicted molar refractivity (Wildman–Crippen MR) is 150 cm³/mol. The average Bonchev–Trinajstić information content (AvgIpc) is 3.35. The van der Waals surface area contributed by atoms with Gasteiger partial charge in [-0.1, -0.05) is 48.5 Å². The van der Waals surface area contributed by atoms with Crippen LogP contribution in [0.5, 0.6) is 0 Å². The maximum atomic E-state index is 13.9. The van der Waals surface area contributed by atoms with Gasteiger partial charge in [0.25, 0.3) is 5.91 Å². The summed E-state index contributed by atoms with van der Waals surface area (Å²) in [5.74, 6) is 0.190. The highest BCUT2D eigenvalue weighted by Crippen LogP contribution is 2.31. The van der Waals surface area contributed by atoms with Crippen LogP contribution in [0.4, 0.5) is 5.13 Å². The molecule has 2 aliphatic heterocycles. The van der Waals surface area contributed by atoms with Crippen LogP contribution < -0.4 is 5.32 Å². The third-order valence-corrected chi connectivity index (χ3v) is 8.80. The quantitative estimate of drug-likeness (QED) is 0.356. The number of aryl methyl sites for hydroxylation is 1. The van der Waals surface area contributed by atoms with Crippen LogP contribution in [0.25, 0.3) is 21.5 Å². The van der Waals surface area contributed by atoms with Crippen LogP contribution >= 0.6 is 11.3 Å². The van der Waals surface area contributed by atoms with Crippen molar-refractivity contribution in [3.8, 4) is 0 Å². The molecule has 2 amide bonds. The topological polar surface area (TPSA) is 65.5 Å². The first kappa shape index (κ1) is 24.1. The number of fused-ring (bicyclic) bond motifs is 2. The average molecular weight is 513 g/mol. The fourth-order valence-electron chi connectivity index (χ4n) is 6.01. The van der Waals surface area contributed by atoms with Gasteiger partial charge in [-0.25, -0.2) is 4.98 Å². The molecule has 0 radical (unpaired) electrons. The SMILES string of the molecule is Cc1csc(NC(=O)[C@@H]2CCCN(C3CCN(C(=O)c4c5ccccc5cc5ccccc45)CC3)C2)n1. The molecule has 2 saturated heterocycles. The van der Waals surface area contributed by atoms with Gasteiger partial charge in [0.2, 0.25) is 5.91 Å². The van der Waals surface area contributed by atoms with E-state index in [2.05, 4.69) is 45.5 Å². The first-order chi connectivity index (χ1) is 18.1. The number of amides is 2. The number of aromatic nitrogens is 1. The molecule has 37 heavy (non-hydrogen) atoms. The molecule has 6 rings (SSSR count). The Kier molecular flexibility index (Phi) is 6.65. The Hall–Kier alpha value is -3.29. The van der Waals surface area contributed by atoms with Gasteiger partial charge in [0, 0.05) is 31.1 Å². The Morgan fingerprint density at radius 3 is 2.27 bits per heavy atom. The number of anilines is 1. The number of carbonyl (C=O) groups excluding carboxylic acids is 2. The molecule has 3 heterocycles. The molecule has 2 fully saturated rings. The summed E-state index contributed by atoms with van der Waals surface area (Å²) in [7, 11) is 0. The third kappa shape index (κ3) is 4.86. The van der Waals surface area contributed by atoms with Gasteiger partial charge < -0.3 is 10.2 Å².